The van der Waals surface area contributed by atoms with Crippen molar-refractivity contribution in [2.24, 2.45) is 5.73 Å². The molecule has 2 N–H and O–H groups in total. The van der Waals surface area contributed by atoms with Gasteiger partial charge in [-0.2, -0.15) is 0 Å². The Morgan fingerprint density at radius 1 is 1.57 bits per heavy atom. The molecule has 1 heterocycles. The Labute approximate surface area is 129 Å². The van der Waals surface area contributed by atoms with Crippen molar-refractivity contribution in [2.75, 3.05) is 7.11 Å². The Hall–Kier alpha value is -1.80. The number of ether oxygens (including phenoxy) is 1. The summed E-state index contributed by atoms with van der Waals surface area (Å²) in [4.78, 5) is 11.6. The Morgan fingerprint density at radius 3 is 2.95 bits per heavy atom. The fourth-order valence-electron chi connectivity index (χ4n) is 1.97. The van der Waals surface area contributed by atoms with E-state index in [0.717, 1.165) is 0 Å². The van der Waals surface area contributed by atoms with E-state index in [-0.39, 0.29) is 12.2 Å². The van der Waals surface area contributed by atoms with Gasteiger partial charge in [-0.05, 0) is 25.1 Å². The number of aromatic nitrogens is 3. The summed E-state index contributed by atoms with van der Waals surface area (Å²) >= 11 is 3.28. The van der Waals surface area contributed by atoms with Crippen LogP contribution in [0.25, 0.3) is 0 Å². The van der Waals surface area contributed by atoms with Gasteiger partial charge in [-0.15, -0.1) is 5.10 Å². The van der Waals surface area contributed by atoms with Crippen LogP contribution < -0.4 is 5.73 Å². The molecule has 0 aliphatic heterocycles. The lowest BCUT2D eigenvalue weighted by atomic mass is 9.92. The topological polar surface area (TPSA) is 83.0 Å². The van der Waals surface area contributed by atoms with E-state index >= 15 is 0 Å². The van der Waals surface area contributed by atoms with Crippen LogP contribution in [0, 0.1) is 5.82 Å². The summed E-state index contributed by atoms with van der Waals surface area (Å²) < 4.78 is 20.6. The second-order valence-electron chi connectivity index (χ2n) is 4.81. The van der Waals surface area contributed by atoms with Gasteiger partial charge in [-0.25, -0.2) is 13.9 Å². The summed E-state index contributed by atoms with van der Waals surface area (Å²) in [6, 6.07) is 4.52. The highest BCUT2D eigenvalue weighted by Gasteiger charge is 2.28. The molecule has 112 valence electrons. The van der Waals surface area contributed by atoms with Gasteiger partial charge in [-0.1, -0.05) is 21.1 Å². The number of carbonyl (C=O) groups excluding carboxylic acids is 1. The lowest BCUT2D eigenvalue weighted by Gasteiger charge is -2.26. The Bertz CT molecular complexity index is 672. The minimum atomic E-state index is -1.08. The van der Waals surface area contributed by atoms with Crippen LogP contribution in [0.2, 0.25) is 0 Å². The van der Waals surface area contributed by atoms with Crippen LogP contribution in [-0.2, 0) is 16.8 Å². The quantitative estimate of drug-likeness (QED) is 0.845. The summed E-state index contributed by atoms with van der Waals surface area (Å²) in [5, 5.41) is 7.46. The highest BCUT2D eigenvalue weighted by Crippen LogP contribution is 2.26. The van der Waals surface area contributed by atoms with Gasteiger partial charge in [0.1, 0.15) is 5.82 Å². The van der Waals surface area contributed by atoms with E-state index in [0.29, 0.717) is 10.0 Å². The van der Waals surface area contributed by atoms with E-state index < -0.39 is 17.3 Å². The molecular weight excluding hydrogens is 343 g/mol. The average molecular weight is 357 g/mol. The van der Waals surface area contributed by atoms with E-state index in [4.69, 9.17) is 5.73 Å². The lowest BCUT2D eigenvalue weighted by molar-refractivity contribution is 0.0584. The van der Waals surface area contributed by atoms with E-state index in [1.165, 1.54) is 24.1 Å². The first-order valence-corrected chi connectivity index (χ1v) is 6.85. The molecular formula is C13H14BrFN4O2. The second-order valence-corrected chi connectivity index (χ2v) is 5.73. The third-order valence-corrected chi connectivity index (χ3v) is 3.53. The maximum Gasteiger partial charge on any atom is 0.358 e. The first kappa shape index (κ1) is 15.6. The van der Waals surface area contributed by atoms with E-state index in [1.54, 1.807) is 19.1 Å². The minimum absolute atomic E-state index is 0.0742. The molecule has 0 radical (unpaired) electrons. The van der Waals surface area contributed by atoms with E-state index in [9.17, 15) is 9.18 Å². The maximum absolute atomic E-state index is 14.0. The van der Waals surface area contributed by atoms with Gasteiger partial charge in [0.05, 0.1) is 25.4 Å². The molecule has 0 amide bonds. The number of methoxy groups -OCH3 is 1. The van der Waals surface area contributed by atoms with Crippen molar-refractivity contribution in [2.45, 2.75) is 19.0 Å². The summed E-state index contributed by atoms with van der Waals surface area (Å²) in [5.74, 6) is -1.01. The number of carbonyl (C=O) groups is 1. The number of esters is 1. The molecule has 0 spiro atoms. The average Bonchev–Trinajstić information content (AvgIpc) is 2.87. The third-order valence-electron chi connectivity index (χ3n) is 3.03. The first-order chi connectivity index (χ1) is 9.85. The predicted molar refractivity (Wildman–Crippen MR) is 77.0 cm³/mol. The van der Waals surface area contributed by atoms with Crippen molar-refractivity contribution >= 4 is 21.9 Å². The van der Waals surface area contributed by atoms with Crippen LogP contribution >= 0.6 is 15.9 Å². The van der Waals surface area contributed by atoms with Crippen LogP contribution in [0.15, 0.2) is 28.9 Å². The molecule has 21 heavy (non-hydrogen) atoms. The molecule has 8 heteroatoms. The number of hydrogen-bond acceptors (Lipinski definition) is 5. The molecule has 0 unspecified atom stereocenters. The number of hydrogen-bond donors (Lipinski definition) is 1. The van der Waals surface area contributed by atoms with Gasteiger partial charge in [0.2, 0.25) is 0 Å². The summed E-state index contributed by atoms with van der Waals surface area (Å²) in [6.45, 7) is 1.73. The van der Waals surface area contributed by atoms with Crippen LogP contribution in [0.1, 0.15) is 23.0 Å². The zero-order valence-electron chi connectivity index (χ0n) is 11.5. The fourth-order valence-corrected chi connectivity index (χ4v) is 2.33. The maximum atomic E-state index is 14.0. The molecule has 0 saturated heterocycles. The summed E-state index contributed by atoms with van der Waals surface area (Å²) in [5.41, 5.74) is 5.59. The molecule has 0 bridgehead atoms. The fraction of sp³-hybridized carbons (Fsp3) is 0.308. The highest BCUT2D eigenvalue weighted by molar-refractivity contribution is 9.10. The van der Waals surface area contributed by atoms with Crippen LogP contribution in [0.3, 0.4) is 0 Å². The second kappa shape index (κ2) is 5.90. The Kier molecular flexibility index (Phi) is 4.38. The van der Waals surface area contributed by atoms with E-state index in [1.807, 2.05) is 0 Å². The van der Waals surface area contributed by atoms with Crippen molar-refractivity contribution in [3.05, 3.63) is 45.9 Å². The molecule has 0 aliphatic carbocycles. The summed E-state index contributed by atoms with van der Waals surface area (Å²) in [7, 11) is 1.26. The van der Waals surface area contributed by atoms with Gasteiger partial charge < -0.3 is 10.5 Å². The highest BCUT2D eigenvalue weighted by atomic mass is 79.9. The number of halogens is 2. The number of nitrogens with two attached hydrogens (primary N) is 1. The SMILES string of the molecule is COC(=O)c1cnnn1C[C@](C)(N)c1cc(Br)ccc1F. The molecule has 0 fully saturated rings. The number of rotatable bonds is 4. The molecule has 6 nitrogen and oxygen atoms in total. The normalized spacial score (nSPS) is 13.8. The van der Waals surface area contributed by atoms with Gasteiger partial charge >= 0.3 is 5.97 Å². The van der Waals surface area contributed by atoms with Gasteiger partial charge in [0, 0.05) is 10.0 Å². The zero-order chi connectivity index (χ0) is 15.6. The molecule has 0 saturated carbocycles. The summed E-state index contributed by atoms with van der Waals surface area (Å²) in [6.07, 6.45) is 1.28. The van der Waals surface area contributed by atoms with Crippen LogP contribution in [0.4, 0.5) is 4.39 Å². The Morgan fingerprint density at radius 2 is 2.29 bits per heavy atom. The molecule has 2 aromatic rings. The van der Waals surface area contributed by atoms with Crippen molar-refractivity contribution in [3.63, 3.8) is 0 Å². The van der Waals surface area contributed by atoms with Gasteiger partial charge in [0.25, 0.3) is 0 Å². The van der Waals surface area contributed by atoms with Crippen molar-refractivity contribution in [3.8, 4) is 0 Å². The minimum Gasteiger partial charge on any atom is -0.464 e. The van der Waals surface area contributed by atoms with Crippen LogP contribution in [-0.4, -0.2) is 28.1 Å². The predicted octanol–water partition coefficient (Wildman–Crippen LogP) is 1.84. The number of benzene rings is 1. The van der Waals surface area contributed by atoms with E-state index in [2.05, 4.69) is 31.0 Å². The molecule has 1 atom stereocenters. The number of nitrogens with zero attached hydrogens (tertiary/aromatic N) is 3. The van der Waals surface area contributed by atoms with Gasteiger partial charge in [-0.3, -0.25) is 0 Å². The first-order valence-electron chi connectivity index (χ1n) is 6.06. The lowest BCUT2D eigenvalue weighted by Crippen LogP contribution is -2.39. The van der Waals surface area contributed by atoms with Crippen LogP contribution in [0.5, 0.6) is 0 Å². The van der Waals surface area contributed by atoms with Crippen molar-refractivity contribution in [1.82, 2.24) is 15.0 Å². The Balaban J connectivity index is 2.35. The largest absolute Gasteiger partial charge is 0.464 e. The molecule has 1 aromatic carbocycles. The standard InChI is InChI=1S/C13H14BrFN4O2/c1-13(16,9-5-8(14)3-4-10(9)15)7-19-11(6-17-18-19)12(20)21-2/h3-6H,7,16H2,1-2H3/t13-/m0/s1. The smallest absolute Gasteiger partial charge is 0.358 e. The van der Waals surface area contributed by atoms with Crippen molar-refractivity contribution < 1.29 is 13.9 Å². The molecule has 1 aromatic heterocycles. The monoisotopic (exact) mass is 356 g/mol. The molecule has 0 aliphatic rings. The third kappa shape index (κ3) is 3.27. The van der Waals surface area contributed by atoms with Crippen molar-refractivity contribution in [1.29, 1.82) is 0 Å². The molecule has 2 rings (SSSR count). The van der Waals surface area contributed by atoms with Gasteiger partial charge in [0.15, 0.2) is 5.69 Å². The zero-order valence-corrected chi connectivity index (χ0v) is 13.1.